The first kappa shape index (κ1) is 21.2. The number of benzene rings is 1. The van der Waals surface area contributed by atoms with E-state index >= 15 is 0 Å². The van der Waals surface area contributed by atoms with Crippen LogP contribution in [0.1, 0.15) is 32.8 Å². The average molecular weight is 372 g/mol. The molecule has 0 saturated heterocycles. The summed E-state index contributed by atoms with van der Waals surface area (Å²) < 4.78 is 35.8. The Bertz CT molecular complexity index is 695. The van der Waals surface area contributed by atoms with Crippen molar-refractivity contribution in [3.8, 4) is 11.5 Å². The number of carbonyl (C=O) groups is 1. The van der Waals surface area contributed by atoms with Crippen LogP contribution >= 0.6 is 0 Å². The largest absolute Gasteiger partial charge is 0.493 e. The SMILES string of the molecule is COc1ccc(CN(CCC(=O)NC(C)(C)C)S(C)(=O)=O)cc1OC. The third kappa shape index (κ3) is 7.31. The Morgan fingerprint density at radius 2 is 1.76 bits per heavy atom. The van der Waals surface area contributed by atoms with Gasteiger partial charge in [-0.2, -0.15) is 4.31 Å². The van der Waals surface area contributed by atoms with Gasteiger partial charge in [-0.05, 0) is 38.5 Å². The lowest BCUT2D eigenvalue weighted by molar-refractivity contribution is -0.122. The lowest BCUT2D eigenvalue weighted by atomic mass is 10.1. The number of ether oxygens (including phenoxy) is 2. The molecule has 1 aromatic carbocycles. The molecule has 0 radical (unpaired) electrons. The highest BCUT2D eigenvalue weighted by atomic mass is 32.2. The van der Waals surface area contributed by atoms with Crippen LogP contribution in [0.4, 0.5) is 0 Å². The second kappa shape index (κ2) is 8.53. The molecule has 0 aliphatic carbocycles. The minimum Gasteiger partial charge on any atom is -0.493 e. The number of hydrogen-bond acceptors (Lipinski definition) is 5. The van der Waals surface area contributed by atoms with Gasteiger partial charge >= 0.3 is 0 Å². The van der Waals surface area contributed by atoms with Crippen LogP contribution in [-0.4, -0.2) is 51.2 Å². The maximum absolute atomic E-state index is 12.0. The van der Waals surface area contributed by atoms with E-state index in [0.29, 0.717) is 11.5 Å². The molecule has 1 aromatic rings. The first-order valence-electron chi connectivity index (χ1n) is 7.93. The predicted molar refractivity (Wildman–Crippen MR) is 97.3 cm³/mol. The van der Waals surface area contributed by atoms with E-state index in [9.17, 15) is 13.2 Å². The van der Waals surface area contributed by atoms with E-state index in [1.807, 2.05) is 20.8 Å². The summed E-state index contributed by atoms with van der Waals surface area (Å²) >= 11 is 0. The molecule has 1 amide bonds. The molecule has 0 fully saturated rings. The molecule has 0 unspecified atom stereocenters. The molecule has 0 bridgehead atoms. The summed E-state index contributed by atoms with van der Waals surface area (Å²) in [4.78, 5) is 12.0. The van der Waals surface area contributed by atoms with E-state index in [1.165, 1.54) is 18.5 Å². The van der Waals surface area contributed by atoms with E-state index in [1.54, 1.807) is 18.2 Å². The number of nitrogens with one attached hydrogen (secondary N) is 1. The first-order valence-corrected chi connectivity index (χ1v) is 9.78. The molecule has 7 nitrogen and oxygen atoms in total. The quantitative estimate of drug-likeness (QED) is 0.752. The van der Waals surface area contributed by atoms with Crippen molar-refractivity contribution in [2.75, 3.05) is 27.0 Å². The number of nitrogens with zero attached hydrogens (tertiary/aromatic N) is 1. The Kier molecular flexibility index (Phi) is 7.25. The Hall–Kier alpha value is -1.80. The monoisotopic (exact) mass is 372 g/mol. The van der Waals surface area contributed by atoms with Crippen LogP contribution in [0.25, 0.3) is 0 Å². The number of carbonyl (C=O) groups excluding carboxylic acids is 1. The van der Waals surface area contributed by atoms with E-state index < -0.39 is 10.0 Å². The summed E-state index contributed by atoms with van der Waals surface area (Å²) in [5.74, 6) is 0.911. The molecule has 0 atom stereocenters. The first-order chi connectivity index (χ1) is 11.5. The van der Waals surface area contributed by atoms with Crippen molar-refractivity contribution in [1.29, 1.82) is 0 Å². The Morgan fingerprint density at radius 3 is 2.24 bits per heavy atom. The Balaban J connectivity index is 2.86. The van der Waals surface area contributed by atoms with Crippen molar-refractivity contribution in [2.45, 2.75) is 39.3 Å². The maximum atomic E-state index is 12.0. The van der Waals surface area contributed by atoms with Crippen molar-refractivity contribution in [3.63, 3.8) is 0 Å². The van der Waals surface area contributed by atoms with E-state index in [0.717, 1.165) is 11.8 Å². The van der Waals surface area contributed by atoms with Crippen LogP contribution in [0, 0.1) is 0 Å². The van der Waals surface area contributed by atoms with Crippen molar-refractivity contribution in [2.24, 2.45) is 0 Å². The van der Waals surface area contributed by atoms with Crippen LogP contribution in [0.15, 0.2) is 18.2 Å². The van der Waals surface area contributed by atoms with Gasteiger partial charge in [-0.3, -0.25) is 4.79 Å². The highest BCUT2D eigenvalue weighted by Gasteiger charge is 2.20. The summed E-state index contributed by atoms with van der Waals surface area (Å²) in [6.45, 7) is 5.89. The van der Waals surface area contributed by atoms with Gasteiger partial charge in [-0.25, -0.2) is 8.42 Å². The van der Waals surface area contributed by atoms with Crippen molar-refractivity contribution < 1.29 is 22.7 Å². The van der Waals surface area contributed by atoms with Gasteiger partial charge in [0.25, 0.3) is 0 Å². The molecular formula is C17H28N2O5S. The zero-order valence-corrected chi connectivity index (χ0v) is 16.6. The lowest BCUT2D eigenvalue weighted by Gasteiger charge is -2.23. The number of sulfonamides is 1. The molecule has 0 aromatic heterocycles. The van der Waals surface area contributed by atoms with Gasteiger partial charge in [0.2, 0.25) is 15.9 Å². The predicted octanol–water partition coefficient (Wildman–Crippen LogP) is 1.77. The third-order valence-corrected chi connectivity index (χ3v) is 4.63. The Morgan fingerprint density at radius 1 is 1.16 bits per heavy atom. The molecule has 1 rings (SSSR count). The second-order valence-electron chi connectivity index (χ2n) is 6.83. The second-order valence-corrected chi connectivity index (χ2v) is 8.82. The van der Waals surface area contributed by atoms with Gasteiger partial charge in [0.1, 0.15) is 0 Å². The number of amides is 1. The standard InChI is InChI=1S/C17H28N2O5S/c1-17(2,3)18-16(20)9-10-19(25(6,21)22)12-13-7-8-14(23-4)15(11-13)24-5/h7-8,11H,9-10,12H2,1-6H3,(H,18,20). The normalized spacial score (nSPS) is 12.1. The highest BCUT2D eigenvalue weighted by molar-refractivity contribution is 7.88. The number of methoxy groups -OCH3 is 2. The molecule has 25 heavy (non-hydrogen) atoms. The van der Waals surface area contributed by atoms with Crippen LogP contribution in [0.2, 0.25) is 0 Å². The molecule has 0 heterocycles. The van der Waals surface area contributed by atoms with Gasteiger partial charge in [0.05, 0.1) is 20.5 Å². The van der Waals surface area contributed by atoms with Crippen molar-refractivity contribution in [3.05, 3.63) is 23.8 Å². The Labute approximate surface area is 150 Å². The molecule has 0 spiro atoms. The summed E-state index contributed by atoms with van der Waals surface area (Å²) in [5, 5.41) is 2.83. The fourth-order valence-electron chi connectivity index (χ4n) is 2.25. The third-order valence-electron chi connectivity index (χ3n) is 3.38. The van der Waals surface area contributed by atoms with Crippen LogP contribution in [0.3, 0.4) is 0 Å². The molecule has 0 aliphatic heterocycles. The van der Waals surface area contributed by atoms with E-state index in [4.69, 9.17) is 9.47 Å². The molecule has 0 saturated carbocycles. The van der Waals surface area contributed by atoms with Crippen LogP contribution in [0.5, 0.6) is 11.5 Å². The minimum absolute atomic E-state index is 0.0949. The summed E-state index contributed by atoms with van der Waals surface area (Å²) in [5.41, 5.74) is 0.399. The molecule has 8 heteroatoms. The smallest absolute Gasteiger partial charge is 0.221 e. The summed E-state index contributed by atoms with van der Waals surface area (Å²) in [7, 11) is -0.400. The molecular weight excluding hydrogens is 344 g/mol. The minimum atomic E-state index is -3.46. The van der Waals surface area contributed by atoms with E-state index in [-0.39, 0.29) is 31.0 Å². The lowest BCUT2D eigenvalue weighted by Crippen LogP contribution is -2.42. The number of hydrogen-bond donors (Lipinski definition) is 1. The molecule has 1 N–H and O–H groups in total. The zero-order chi connectivity index (χ0) is 19.3. The topological polar surface area (TPSA) is 84.9 Å². The highest BCUT2D eigenvalue weighted by Crippen LogP contribution is 2.28. The fraction of sp³-hybridized carbons (Fsp3) is 0.588. The fourth-order valence-corrected chi connectivity index (χ4v) is 3.06. The zero-order valence-electron chi connectivity index (χ0n) is 15.8. The van der Waals surface area contributed by atoms with Crippen molar-refractivity contribution in [1.82, 2.24) is 9.62 Å². The van der Waals surface area contributed by atoms with Gasteiger partial charge < -0.3 is 14.8 Å². The maximum Gasteiger partial charge on any atom is 0.221 e. The summed E-state index contributed by atoms with van der Waals surface area (Å²) in [6.07, 6.45) is 1.23. The van der Waals surface area contributed by atoms with E-state index in [2.05, 4.69) is 5.32 Å². The van der Waals surface area contributed by atoms with Gasteiger partial charge in [0.15, 0.2) is 11.5 Å². The van der Waals surface area contributed by atoms with Crippen LogP contribution in [-0.2, 0) is 21.4 Å². The van der Waals surface area contributed by atoms with Gasteiger partial charge in [-0.1, -0.05) is 6.07 Å². The molecule has 0 aliphatic rings. The average Bonchev–Trinajstić information content (AvgIpc) is 2.48. The van der Waals surface area contributed by atoms with Crippen molar-refractivity contribution >= 4 is 15.9 Å². The summed E-state index contributed by atoms with van der Waals surface area (Å²) in [6, 6.07) is 5.22. The number of rotatable bonds is 8. The van der Waals surface area contributed by atoms with Crippen LogP contribution < -0.4 is 14.8 Å². The molecule has 142 valence electrons. The van der Waals surface area contributed by atoms with Gasteiger partial charge in [0, 0.05) is 25.0 Å². The van der Waals surface area contributed by atoms with Gasteiger partial charge in [-0.15, -0.1) is 0 Å².